The predicted octanol–water partition coefficient (Wildman–Crippen LogP) is 3.66. The Morgan fingerprint density at radius 2 is 1.69 bits per heavy atom. The van der Waals surface area contributed by atoms with Crippen LogP contribution in [0.1, 0.15) is 29.3 Å². The van der Waals surface area contributed by atoms with Crippen molar-refractivity contribution >= 4 is 40.8 Å². The lowest BCUT2D eigenvalue weighted by Crippen LogP contribution is -2.15. The van der Waals surface area contributed by atoms with Gasteiger partial charge in [0.2, 0.25) is 11.8 Å². The van der Waals surface area contributed by atoms with E-state index in [-0.39, 0.29) is 18.2 Å². The summed E-state index contributed by atoms with van der Waals surface area (Å²) < 4.78 is 4.65. The maximum absolute atomic E-state index is 12.2. The standard InChI is InChI=1S/C19H19ClN2O4/c1-12(23)21-16-9-8-15(20)11-17(16)22-18(24)10-5-13-3-6-14(7-4-13)19(25)26-2/h3-4,6-9,11H,5,10H2,1-2H3,(H,21,23)(H,22,24). The van der Waals surface area contributed by atoms with E-state index in [4.69, 9.17) is 11.6 Å². The number of anilines is 2. The Balaban J connectivity index is 1.98. The van der Waals surface area contributed by atoms with Gasteiger partial charge in [0.15, 0.2) is 0 Å². The van der Waals surface area contributed by atoms with E-state index in [2.05, 4.69) is 15.4 Å². The van der Waals surface area contributed by atoms with Crippen LogP contribution in [0.5, 0.6) is 0 Å². The van der Waals surface area contributed by atoms with E-state index in [0.717, 1.165) is 5.56 Å². The van der Waals surface area contributed by atoms with Crippen LogP contribution in [0, 0.1) is 0 Å². The van der Waals surface area contributed by atoms with Crippen molar-refractivity contribution in [3.8, 4) is 0 Å². The number of benzene rings is 2. The molecule has 0 aliphatic carbocycles. The highest BCUT2D eigenvalue weighted by Gasteiger charge is 2.10. The van der Waals surface area contributed by atoms with Gasteiger partial charge < -0.3 is 15.4 Å². The Hall–Kier alpha value is -2.86. The number of methoxy groups -OCH3 is 1. The molecule has 2 aromatic carbocycles. The van der Waals surface area contributed by atoms with Gasteiger partial charge in [-0.3, -0.25) is 9.59 Å². The van der Waals surface area contributed by atoms with E-state index in [1.807, 2.05) is 0 Å². The summed E-state index contributed by atoms with van der Waals surface area (Å²) in [5, 5.41) is 5.85. The van der Waals surface area contributed by atoms with E-state index in [1.54, 1.807) is 42.5 Å². The summed E-state index contributed by atoms with van der Waals surface area (Å²) in [6.45, 7) is 1.39. The molecule has 0 saturated carbocycles. The van der Waals surface area contributed by atoms with Crippen LogP contribution in [0.15, 0.2) is 42.5 Å². The van der Waals surface area contributed by atoms with Crippen molar-refractivity contribution in [2.24, 2.45) is 0 Å². The van der Waals surface area contributed by atoms with Gasteiger partial charge in [0.25, 0.3) is 0 Å². The zero-order valence-electron chi connectivity index (χ0n) is 14.5. The lowest BCUT2D eigenvalue weighted by Gasteiger charge is -2.12. The zero-order valence-corrected chi connectivity index (χ0v) is 15.2. The average Bonchev–Trinajstić information content (AvgIpc) is 2.61. The quantitative estimate of drug-likeness (QED) is 0.756. The van der Waals surface area contributed by atoms with Crippen LogP contribution in [0.3, 0.4) is 0 Å². The molecule has 0 unspecified atom stereocenters. The molecule has 0 radical (unpaired) electrons. The van der Waals surface area contributed by atoms with Crippen molar-refractivity contribution in [3.63, 3.8) is 0 Å². The van der Waals surface area contributed by atoms with Crippen molar-refractivity contribution in [3.05, 3.63) is 58.6 Å². The second-order valence-electron chi connectivity index (χ2n) is 5.61. The maximum Gasteiger partial charge on any atom is 0.337 e. The van der Waals surface area contributed by atoms with Gasteiger partial charge in [-0.25, -0.2) is 4.79 Å². The van der Waals surface area contributed by atoms with Gasteiger partial charge in [-0.2, -0.15) is 0 Å². The van der Waals surface area contributed by atoms with Crippen molar-refractivity contribution < 1.29 is 19.1 Å². The van der Waals surface area contributed by atoms with Gasteiger partial charge in [0.05, 0.1) is 24.0 Å². The van der Waals surface area contributed by atoms with Crippen LogP contribution in [0.25, 0.3) is 0 Å². The Morgan fingerprint density at radius 3 is 2.31 bits per heavy atom. The number of halogens is 1. The highest BCUT2D eigenvalue weighted by atomic mass is 35.5. The van der Waals surface area contributed by atoms with Crippen LogP contribution >= 0.6 is 11.6 Å². The minimum absolute atomic E-state index is 0.212. The largest absolute Gasteiger partial charge is 0.465 e. The van der Waals surface area contributed by atoms with Gasteiger partial charge in [-0.1, -0.05) is 23.7 Å². The summed E-state index contributed by atoms with van der Waals surface area (Å²) >= 11 is 5.96. The number of aryl methyl sites for hydroxylation is 1. The molecule has 6 nitrogen and oxygen atoms in total. The van der Waals surface area contributed by atoms with Gasteiger partial charge in [0, 0.05) is 18.4 Å². The lowest BCUT2D eigenvalue weighted by atomic mass is 10.1. The Morgan fingerprint density at radius 1 is 1.00 bits per heavy atom. The van der Waals surface area contributed by atoms with Crippen molar-refractivity contribution in [1.29, 1.82) is 0 Å². The minimum Gasteiger partial charge on any atom is -0.465 e. The van der Waals surface area contributed by atoms with Gasteiger partial charge in [-0.15, -0.1) is 0 Å². The molecule has 7 heteroatoms. The number of hydrogen-bond acceptors (Lipinski definition) is 4. The summed E-state index contributed by atoms with van der Waals surface area (Å²) in [6.07, 6.45) is 0.743. The van der Waals surface area contributed by atoms with Gasteiger partial charge >= 0.3 is 5.97 Å². The van der Waals surface area contributed by atoms with Crippen LogP contribution in [-0.2, 0) is 20.7 Å². The molecule has 0 fully saturated rings. The Kier molecular flexibility index (Phi) is 6.74. The number of rotatable bonds is 6. The summed E-state index contributed by atoms with van der Waals surface area (Å²) in [5.41, 5.74) is 2.30. The van der Waals surface area contributed by atoms with Crippen molar-refractivity contribution in [2.75, 3.05) is 17.7 Å². The molecule has 0 aliphatic heterocycles. The Bertz CT molecular complexity index is 819. The number of ether oxygens (including phenoxy) is 1. The van der Waals surface area contributed by atoms with E-state index < -0.39 is 5.97 Å². The van der Waals surface area contributed by atoms with E-state index in [9.17, 15) is 14.4 Å². The summed E-state index contributed by atoms with van der Waals surface area (Å²) in [6, 6.07) is 11.7. The molecule has 0 atom stereocenters. The normalized spacial score (nSPS) is 10.1. The summed E-state index contributed by atoms with van der Waals surface area (Å²) in [4.78, 5) is 34.9. The lowest BCUT2D eigenvalue weighted by molar-refractivity contribution is -0.116. The first-order valence-corrected chi connectivity index (χ1v) is 8.31. The van der Waals surface area contributed by atoms with Gasteiger partial charge in [0.1, 0.15) is 0 Å². The van der Waals surface area contributed by atoms with Gasteiger partial charge in [-0.05, 0) is 42.3 Å². The molecule has 26 heavy (non-hydrogen) atoms. The molecule has 2 N–H and O–H groups in total. The summed E-state index contributed by atoms with van der Waals surface area (Å²) in [5.74, 6) is -0.856. The predicted molar refractivity (Wildman–Crippen MR) is 100 cm³/mol. The van der Waals surface area contributed by atoms with Crippen molar-refractivity contribution in [1.82, 2.24) is 0 Å². The number of hydrogen-bond donors (Lipinski definition) is 2. The third kappa shape index (κ3) is 5.60. The fourth-order valence-electron chi connectivity index (χ4n) is 2.31. The van der Waals surface area contributed by atoms with Crippen molar-refractivity contribution in [2.45, 2.75) is 19.8 Å². The number of nitrogens with one attached hydrogen (secondary N) is 2. The molecule has 2 amide bonds. The van der Waals surface area contributed by atoms with E-state index in [0.29, 0.717) is 28.4 Å². The monoisotopic (exact) mass is 374 g/mol. The maximum atomic E-state index is 12.2. The minimum atomic E-state index is -0.402. The molecule has 0 heterocycles. The van der Waals surface area contributed by atoms with Crippen LogP contribution in [-0.4, -0.2) is 24.9 Å². The summed E-state index contributed by atoms with van der Waals surface area (Å²) in [7, 11) is 1.33. The fraction of sp³-hybridized carbons (Fsp3) is 0.211. The first-order chi connectivity index (χ1) is 12.4. The van der Waals surface area contributed by atoms with Crippen LogP contribution in [0.4, 0.5) is 11.4 Å². The first-order valence-electron chi connectivity index (χ1n) is 7.93. The number of esters is 1. The smallest absolute Gasteiger partial charge is 0.337 e. The highest BCUT2D eigenvalue weighted by molar-refractivity contribution is 6.31. The molecule has 0 aliphatic rings. The number of carbonyl (C=O) groups is 3. The zero-order chi connectivity index (χ0) is 19.1. The van der Waals surface area contributed by atoms with E-state index in [1.165, 1.54) is 14.0 Å². The van der Waals surface area contributed by atoms with E-state index >= 15 is 0 Å². The molecular weight excluding hydrogens is 356 g/mol. The molecule has 0 aromatic heterocycles. The second-order valence-corrected chi connectivity index (χ2v) is 6.04. The van der Waals surface area contributed by atoms with Crippen LogP contribution < -0.4 is 10.6 Å². The first kappa shape index (κ1) is 19.5. The third-order valence-corrected chi connectivity index (χ3v) is 3.82. The molecule has 136 valence electrons. The molecule has 2 rings (SSSR count). The highest BCUT2D eigenvalue weighted by Crippen LogP contribution is 2.26. The molecule has 0 spiro atoms. The number of amides is 2. The SMILES string of the molecule is COC(=O)c1ccc(CCC(=O)Nc2cc(Cl)ccc2NC(C)=O)cc1. The van der Waals surface area contributed by atoms with Crippen LogP contribution in [0.2, 0.25) is 5.02 Å². The molecule has 0 saturated heterocycles. The third-order valence-electron chi connectivity index (χ3n) is 3.58. The Labute approximate surface area is 156 Å². The topological polar surface area (TPSA) is 84.5 Å². The molecule has 0 bridgehead atoms. The molecule has 2 aromatic rings. The average molecular weight is 375 g/mol. The number of carbonyl (C=O) groups excluding carboxylic acids is 3. The molecular formula is C19H19ClN2O4. The fourth-order valence-corrected chi connectivity index (χ4v) is 2.49. The second kappa shape index (κ2) is 9.01.